The number of aromatic amines is 1. The quantitative estimate of drug-likeness (QED) is 0.137. The molecule has 2 heterocycles. The van der Waals surface area contributed by atoms with E-state index in [0.29, 0.717) is 46.1 Å². The molecule has 1 saturated heterocycles. The highest BCUT2D eigenvalue weighted by Crippen LogP contribution is 2.32. The highest BCUT2D eigenvalue weighted by molar-refractivity contribution is 6.12. The van der Waals surface area contributed by atoms with Gasteiger partial charge in [-0.3, -0.25) is 14.5 Å². The maximum atomic E-state index is 13.7. The largest absolute Gasteiger partial charge is 0.495 e. The zero-order valence-corrected chi connectivity index (χ0v) is 29.4. The Hall–Kier alpha value is -4.16. The monoisotopic (exact) mass is 698 g/mol. The molecule has 258 valence electrons. The van der Waals surface area contributed by atoms with Crippen LogP contribution in [0, 0.1) is 6.92 Å². The van der Waals surface area contributed by atoms with Gasteiger partial charge in [0.05, 0.1) is 48.5 Å². The fourth-order valence-electron chi connectivity index (χ4n) is 5.71. The number of ether oxygens (including phenoxy) is 2. The number of unbranched alkanes of at least 4 members (excludes halogenated alkanes) is 1. The first kappa shape index (κ1) is 38.3. The third-order valence-corrected chi connectivity index (χ3v) is 8.49. The number of nitrogens with zero attached hydrogens (tertiary/aromatic N) is 4. The van der Waals surface area contributed by atoms with Crippen molar-refractivity contribution in [2.45, 2.75) is 32.2 Å². The number of aryl methyl sites for hydroxylation is 1. The first-order chi connectivity index (χ1) is 22.3. The van der Waals surface area contributed by atoms with Crippen LogP contribution in [-0.4, -0.2) is 97.9 Å². The fraction of sp³-hybridized carbons (Fsp3) is 0.371. The van der Waals surface area contributed by atoms with Gasteiger partial charge in [0.15, 0.2) is 0 Å². The molecular weight excluding hydrogens is 655 g/mol. The minimum Gasteiger partial charge on any atom is -0.495 e. The molecule has 3 aromatic carbocycles. The minimum atomic E-state index is -0.338. The summed E-state index contributed by atoms with van der Waals surface area (Å²) in [4.78, 5) is 51.9. The number of nitrogens with one attached hydrogen (secondary N) is 2. The predicted octanol–water partition coefficient (Wildman–Crippen LogP) is 5.62. The van der Waals surface area contributed by atoms with Gasteiger partial charge in [-0.25, -0.2) is 4.98 Å². The van der Waals surface area contributed by atoms with Crippen molar-refractivity contribution >= 4 is 65.3 Å². The number of hydrogen-bond acceptors (Lipinski definition) is 8. The maximum Gasteiger partial charge on any atom is 0.258 e. The molecule has 2 amide bonds. The molecule has 1 fully saturated rings. The number of rotatable bonds is 13. The summed E-state index contributed by atoms with van der Waals surface area (Å²) in [6.45, 7) is 6.24. The molecule has 1 aromatic heterocycles. The van der Waals surface area contributed by atoms with E-state index in [1.807, 2.05) is 31.2 Å². The average Bonchev–Trinajstić information content (AvgIpc) is 3.56. The molecule has 1 atom stereocenters. The SMILES string of the molecule is COc1cc(C(=O)N(C)c2ccc(C)cc2OCCCCC(C=O)N2CCN(C)CC2)ccc1NC(=O)c1cccc2[nH]cnc12.Cl.Cl. The van der Waals surface area contributed by atoms with E-state index in [9.17, 15) is 14.4 Å². The van der Waals surface area contributed by atoms with Gasteiger partial charge < -0.3 is 34.4 Å². The Labute approximate surface area is 293 Å². The van der Waals surface area contributed by atoms with Crippen LogP contribution < -0.4 is 19.7 Å². The summed E-state index contributed by atoms with van der Waals surface area (Å²) in [5.41, 5.74) is 4.23. The van der Waals surface area contributed by atoms with Crippen molar-refractivity contribution in [3.8, 4) is 11.5 Å². The van der Waals surface area contributed by atoms with Crippen LogP contribution >= 0.6 is 24.8 Å². The summed E-state index contributed by atoms with van der Waals surface area (Å²) in [5, 5.41) is 2.88. The van der Waals surface area contributed by atoms with E-state index in [4.69, 9.17) is 9.47 Å². The number of benzene rings is 3. The summed E-state index contributed by atoms with van der Waals surface area (Å²) in [6, 6.07) is 15.9. The van der Waals surface area contributed by atoms with E-state index < -0.39 is 0 Å². The van der Waals surface area contributed by atoms with Crippen molar-refractivity contribution in [3.63, 3.8) is 0 Å². The second-order valence-electron chi connectivity index (χ2n) is 11.7. The number of likely N-dealkylation sites (N-methyl/N-ethyl adjacent to an activating group) is 1. The lowest BCUT2D eigenvalue weighted by molar-refractivity contribution is -0.113. The molecule has 48 heavy (non-hydrogen) atoms. The molecule has 4 aromatic rings. The molecule has 1 aliphatic rings. The van der Waals surface area contributed by atoms with E-state index in [-0.39, 0.29) is 42.7 Å². The van der Waals surface area contributed by atoms with Gasteiger partial charge in [-0.05, 0) is 81.3 Å². The van der Waals surface area contributed by atoms with E-state index in [0.717, 1.165) is 62.8 Å². The number of anilines is 2. The molecule has 1 aliphatic heterocycles. The first-order valence-corrected chi connectivity index (χ1v) is 15.6. The van der Waals surface area contributed by atoms with Crippen LogP contribution in [0.3, 0.4) is 0 Å². The van der Waals surface area contributed by atoms with Gasteiger partial charge >= 0.3 is 0 Å². The van der Waals surface area contributed by atoms with E-state index in [1.54, 1.807) is 48.6 Å². The number of fused-ring (bicyclic) bond motifs is 1. The number of carbonyl (C=O) groups excluding carboxylic acids is 3. The Morgan fingerprint density at radius 2 is 1.81 bits per heavy atom. The van der Waals surface area contributed by atoms with Gasteiger partial charge in [-0.1, -0.05) is 12.1 Å². The van der Waals surface area contributed by atoms with Crippen LogP contribution in [0.25, 0.3) is 11.0 Å². The molecule has 5 rings (SSSR count). The van der Waals surface area contributed by atoms with Gasteiger partial charge in [-0.2, -0.15) is 0 Å². The number of carbonyl (C=O) groups is 3. The number of imidazole rings is 1. The number of halogens is 2. The predicted molar refractivity (Wildman–Crippen MR) is 194 cm³/mol. The fourth-order valence-corrected chi connectivity index (χ4v) is 5.71. The second-order valence-corrected chi connectivity index (χ2v) is 11.7. The molecule has 0 saturated carbocycles. The van der Waals surface area contributed by atoms with Crippen molar-refractivity contribution in [1.82, 2.24) is 19.8 Å². The van der Waals surface area contributed by atoms with Crippen LogP contribution in [0.15, 0.2) is 60.9 Å². The van der Waals surface area contributed by atoms with Crippen molar-refractivity contribution in [2.24, 2.45) is 0 Å². The van der Waals surface area contributed by atoms with E-state index in [1.165, 1.54) is 7.11 Å². The van der Waals surface area contributed by atoms with Gasteiger partial charge in [0.25, 0.3) is 11.8 Å². The number of aromatic nitrogens is 2. The summed E-state index contributed by atoms with van der Waals surface area (Å²) < 4.78 is 11.7. The van der Waals surface area contributed by atoms with Crippen molar-refractivity contribution < 1.29 is 23.9 Å². The Balaban J connectivity index is 0.00000312. The lowest BCUT2D eigenvalue weighted by atomic mass is 10.1. The average molecular weight is 700 g/mol. The molecular formula is C35H44Cl2N6O5. The number of piperazine rings is 1. The van der Waals surface area contributed by atoms with Crippen molar-refractivity contribution in [3.05, 3.63) is 77.6 Å². The van der Waals surface area contributed by atoms with Crippen LogP contribution in [0.1, 0.15) is 45.5 Å². The van der Waals surface area contributed by atoms with Crippen LogP contribution in [-0.2, 0) is 4.79 Å². The third kappa shape index (κ3) is 9.04. The highest BCUT2D eigenvalue weighted by atomic mass is 35.5. The second kappa shape index (κ2) is 17.8. The molecule has 0 radical (unpaired) electrons. The van der Waals surface area contributed by atoms with Crippen molar-refractivity contribution in [2.75, 3.05) is 64.2 Å². The molecule has 0 bridgehead atoms. The molecule has 0 aliphatic carbocycles. The van der Waals surface area contributed by atoms with Gasteiger partial charge in [0.2, 0.25) is 0 Å². The highest BCUT2D eigenvalue weighted by Gasteiger charge is 2.23. The maximum absolute atomic E-state index is 13.7. The van der Waals surface area contributed by atoms with Gasteiger partial charge in [-0.15, -0.1) is 24.8 Å². The summed E-state index contributed by atoms with van der Waals surface area (Å²) >= 11 is 0. The van der Waals surface area contributed by atoms with Crippen LogP contribution in [0.4, 0.5) is 11.4 Å². The minimum absolute atomic E-state index is 0. The number of aldehydes is 1. The lowest BCUT2D eigenvalue weighted by Crippen LogP contribution is -2.49. The Morgan fingerprint density at radius 1 is 1.04 bits per heavy atom. The van der Waals surface area contributed by atoms with Gasteiger partial charge in [0, 0.05) is 38.8 Å². The third-order valence-electron chi connectivity index (χ3n) is 8.49. The zero-order valence-electron chi connectivity index (χ0n) is 27.7. The Kier molecular flexibility index (Phi) is 14.2. The number of hydrogen-bond donors (Lipinski definition) is 2. The molecule has 2 N–H and O–H groups in total. The summed E-state index contributed by atoms with van der Waals surface area (Å²) in [5.74, 6) is 0.374. The van der Waals surface area contributed by atoms with Crippen molar-refractivity contribution in [1.29, 1.82) is 0 Å². The molecule has 11 nitrogen and oxygen atoms in total. The number of para-hydroxylation sites is 1. The first-order valence-electron chi connectivity index (χ1n) is 15.6. The molecule has 0 spiro atoms. The van der Waals surface area contributed by atoms with Crippen LogP contribution in [0.2, 0.25) is 0 Å². The van der Waals surface area contributed by atoms with Crippen LogP contribution in [0.5, 0.6) is 11.5 Å². The van der Waals surface area contributed by atoms with Gasteiger partial charge in [0.1, 0.15) is 23.3 Å². The Morgan fingerprint density at radius 3 is 2.54 bits per heavy atom. The van der Waals surface area contributed by atoms with E-state index >= 15 is 0 Å². The topological polar surface area (TPSA) is 120 Å². The Bertz CT molecular complexity index is 1690. The summed E-state index contributed by atoms with van der Waals surface area (Å²) in [7, 11) is 5.30. The smallest absolute Gasteiger partial charge is 0.258 e. The number of methoxy groups -OCH3 is 1. The normalized spacial score (nSPS) is 13.9. The molecule has 1 unspecified atom stereocenters. The lowest BCUT2D eigenvalue weighted by Gasteiger charge is -2.35. The van der Waals surface area contributed by atoms with E-state index in [2.05, 4.69) is 32.1 Å². The number of H-pyrrole nitrogens is 1. The standard InChI is InChI=1S/C35H42N6O5.2ClH/c1-24-11-14-30(32(20-24)46-19-6-5-8-26(22-42)41-17-15-39(2)16-18-41)40(3)35(44)25-12-13-28(31(21-25)45-4)38-34(43)27-9-7-10-29-33(27)37-23-36-29;;/h7,9-14,20-23,26H,5-6,8,15-19H2,1-4H3,(H,36,37)(H,38,43);2*1H. The zero-order chi connectivity index (χ0) is 32.6. The summed E-state index contributed by atoms with van der Waals surface area (Å²) in [6.07, 6.45) is 5.08. The number of amides is 2. The molecule has 13 heteroatoms.